The van der Waals surface area contributed by atoms with Gasteiger partial charge in [-0.05, 0) is 0 Å². The average Bonchev–Trinajstić information content (AvgIpc) is 0.722. The fourth-order valence-corrected chi connectivity index (χ4v) is 0. The summed E-state index contributed by atoms with van der Waals surface area (Å²) >= 11 is -5.35. The van der Waals surface area contributed by atoms with Crippen LogP contribution in [0.5, 0.6) is 0 Å². The molecule has 40 valence electrons. The molecule has 4 nitrogen and oxygen atoms in total. The zero-order valence-corrected chi connectivity index (χ0v) is 4.75. The van der Waals surface area contributed by atoms with Crippen LogP contribution in [0.4, 0.5) is 0 Å². The van der Waals surface area contributed by atoms with Crippen molar-refractivity contribution in [3.05, 3.63) is 0 Å². The zero-order chi connectivity index (χ0) is 4.50. The number of hydrogen-bond acceptors (Lipinski definition) is 1. The van der Waals surface area contributed by atoms with E-state index in [2.05, 4.69) is 0 Å². The molecule has 0 bridgehead atoms. The monoisotopic (exact) mass is 284 g/mol. The van der Waals surface area contributed by atoms with E-state index in [1.165, 1.54) is 0 Å². The van der Waals surface area contributed by atoms with Gasteiger partial charge in [0.05, 0.1) is 0 Å². The van der Waals surface area contributed by atoms with Gasteiger partial charge in [0.15, 0.2) is 0 Å². The Morgan fingerprint density at radius 1 is 0.778 bits per heavy atom. The first kappa shape index (κ1) is 29.2. The molecule has 0 rings (SSSR count). The Bertz CT molecular complexity index is 58.7. The minimum absolute atomic E-state index is 0. The molecule has 0 aliphatic heterocycles. The standard InChI is InChI=1S/4Na.3H2O.O.Sb.4H/h;;;;3*1H2;;;;;;/q;;;;;;;;+3;;;;/p-3. The number of rotatable bonds is 0. The van der Waals surface area contributed by atoms with E-state index in [0.29, 0.717) is 0 Å². The SMILES string of the molecule is [NaH].[NaH].[NaH].[NaH].[O]=[Sb]([OH])([OH])[OH]. The van der Waals surface area contributed by atoms with Crippen molar-refractivity contribution in [3.63, 3.8) is 0 Å². The first-order valence-corrected chi connectivity index (χ1v) is 5.25. The van der Waals surface area contributed by atoms with Crippen LogP contribution in [-0.4, -0.2) is 148 Å². The quantitative estimate of drug-likeness (QED) is 0.391. The molecule has 0 amide bonds. The van der Waals surface area contributed by atoms with E-state index in [4.69, 9.17) is 13.2 Å². The van der Waals surface area contributed by atoms with Crippen molar-refractivity contribution in [2.45, 2.75) is 0 Å². The van der Waals surface area contributed by atoms with Gasteiger partial charge >= 0.3 is 151 Å². The van der Waals surface area contributed by atoms with Gasteiger partial charge in [0.1, 0.15) is 0 Å². The topological polar surface area (TPSA) is 77.8 Å². The predicted molar refractivity (Wildman–Crippen MR) is 41.7 cm³/mol. The third-order valence-corrected chi connectivity index (χ3v) is 0. The van der Waals surface area contributed by atoms with Crippen molar-refractivity contribution < 1.29 is 13.2 Å². The molecule has 0 aromatic heterocycles. The first-order valence-electron chi connectivity index (χ1n) is 0.783. The Morgan fingerprint density at radius 2 is 0.778 bits per heavy atom. The molecular weight excluding hydrogens is 278 g/mol. The Morgan fingerprint density at radius 3 is 0.778 bits per heavy atom. The molecule has 0 aliphatic carbocycles. The van der Waals surface area contributed by atoms with Crippen molar-refractivity contribution in [3.8, 4) is 0 Å². The van der Waals surface area contributed by atoms with Crippen LogP contribution in [0.2, 0.25) is 0 Å². The molecular formula is H7Na4O4Sb. The second kappa shape index (κ2) is 15.0. The van der Waals surface area contributed by atoms with E-state index in [1.807, 2.05) is 0 Å². The number of hydrogen-bond donors (Lipinski definition) is 3. The predicted octanol–water partition coefficient (Wildman–Crippen LogP) is -4.76. The van der Waals surface area contributed by atoms with Crippen molar-refractivity contribution >= 4 is 138 Å². The van der Waals surface area contributed by atoms with Gasteiger partial charge in [-0.25, -0.2) is 0 Å². The van der Waals surface area contributed by atoms with E-state index in [0.717, 1.165) is 0 Å². The van der Waals surface area contributed by atoms with E-state index >= 15 is 0 Å². The summed E-state index contributed by atoms with van der Waals surface area (Å²) in [6.45, 7) is 0. The maximum atomic E-state index is 8.97. The summed E-state index contributed by atoms with van der Waals surface area (Å²) in [5.74, 6) is 0. The molecule has 0 saturated carbocycles. The van der Waals surface area contributed by atoms with Crippen LogP contribution in [0.15, 0.2) is 0 Å². The van der Waals surface area contributed by atoms with Gasteiger partial charge < -0.3 is 0 Å². The molecule has 3 N–H and O–H groups in total. The molecule has 0 radical (unpaired) electrons. The molecule has 0 aromatic rings. The van der Waals surface area contributed by atoms with E-state index in [1.54, 1.807) is 0 Å². The fraction of sp³-hybridized carbons (Fsp3) is 0. The molecule has 9 heteroatoms. The van der Waals surface area contributed by atoms with Crippen LogP contribution in [0, 0.1) is 0 Å². The van der Waals surface area contributed by atoms with Crippen LogP contribution in [0.3, 0.4) is 0 Å². The van der Waals surface area contributed by atoms with Crippen molar-refractivity contribution in [2.24, 2.45) is 0 Å². The van der Waals surface area contributed by atoms with Crippen LogP contribution >= 0.6 is 0 Å². The third kappa shape index (κ3) is 68.1. The summed E-state index contributed by atoms with van der Waals surface area (Å²) in [5, 5.41) is 0. The van der Waals surface area contributed by atoms with E-state index < -0.39 is 20.1 Å². The Kier molecular flexibility index (Phi) is 48.6. The second-order valence-corrected chi connectivity index (χ2v) is 3.44. The summed E-state index contributed by atoms with van der Waals surface area (Å²) in [4.78, 5) is 0. The van der Waals surface area contributed by atoms with Crippen molar-refractivity contribution in [2.75, 3.05) is 0 Å². The fourth-order valence-electron chi connectivity index (χ4n) is 0. The van der Waals surface area contributed by atoms with Crippen molar-refractivity contribution in [1.82, 2.24) is 0 Å². The summed E-state index contributed by atoms with van der Waals surface area (Å²) in [6, 6.07) is 0. The molecule has 0 fully saturated rings. The van der Waals surface area contributed by atoms with Crippen LogP contribution in [0.25, 0.3) is 0 Å². The maximum absolute atomic E-state index is 8.97. The third-order valence-electron chi connectivity index (χ3n) is 0. The second-order valence-electron chi connectivity index (χ2n) is 0.513. The van der Waals surface area contributed by atoms with Gasteiger partial charge in [-0.3, -0.25) is 0 Å². The first-order chi connectivity index (χ1) is 2.00. The van der Waals surface area contributed by atoms with Gasteiger partial charge in [-0.15, -0.1) is 0 Å². The van der Waals surface area contributed by atoms with Gasteiger partial charge in [-0.2, -0.15) is 0 Å². The molecule has 0 atom stereocenters. The summed E-state index contributed by atoms with van der Waals surface area (Å²) in [5.41, 5.74) is 0. The normalized spacial score (nSPS) is 6.56. The molecule has 9 heavy (non-hydrogen) atoms. The molecule has 0 saturated heterocycles. The molecule has 0 aromatic carbocycles. The van der Waals surface area contributed by atoms with Crippen molar-refractivity contribution in [1.29, 1.82) is 0 Å². The summed E-state index contributed by atoms with van der Waals surface area (Å²) in [7, 11) is 0. The zero-order valence-electron chi connectivity index (χ0n) is 2.20. The molecule has 0 heterocycles. The van der Waals surface area contributed by atoms with Gasteiger partial charge in [0.25, 0.3) is 0 Å². The van der Waals surface area contributed by atoms with E-state index in [-0.39, 0.29) is 118 Å². The molecule has 0 spiro atoms. The van der Waals surface area contributed by atoms with Crippen LogP contribution < -0.4 is 0 Å². The van der Waals surface area contributed by atoms with E-state index in [9.17, 15) is 0 Å². The van der Waals surface area contributed by atoms with Gasteiger partial charge in [-0.1, -0.05) is 0 Å². The molecule has 0 aliphatic rings. The van der Waals surface area contributed by atoms with Crippen LogP contribution in [-0.2, 0) is 3.02 Å². The Hall–Kier alpha value is 4.50. The Labute approximate surface area is 147 Å². The van der Waals surface area contributed by atoms with Gasteiger partial charge in [0, 0.05) is 0 Å². The average molecular weight is 285 g/mol. The molecule has 0 unspecified atom stereocenters. The Balaban J connectivity index is -0.0000000133. The minimum atomic E-state index is -5.35. The summed E-state index contributed by atoms with van der Waals surface area (Å²) in [6.07, 6.45) is 0. The van der Waals surface area contributed by atoms with Crippen LogP contribution in [0.1, 0.15) is 0 Å². The van der Waals surface area contributed by atoms with Gasteiger partial charge in [0.2, 0.25) is 0 Å². The summed E-state index contributed by atoms with van der Waals surface area (Å²) < 4.78 is 30.8.